The number of carbonyl (C=O) groups is 3. The van der Waals surface area contributed by atoms with Crippen LogP contribution in [0.1, 0.15) is 18.9 Å². The Labute approximate surface area is 170 Å². The van der Waals surface area contributed by atoms with Crippen molar-refractivity contribution in [2.45, 2.75) is 19.8 Å². The van der Waals surface area contributed by atoms with Crippen LogP contribution in [0.4, 0.5) is 11.4 Å². The maximum Gasteiger partial charge on any atom is 0.262 e. The maximum absolute atomic E-state index is 12.2. The van der Waals surface area contributed by atoms with Gasteiger partial charge in [0.05, 0.1) is 5.92 Å². The minimum absolute atomic E-state index is 0.0822. The minimum Gasteiger partial charge on any atom is -0.484 e. The van der Waals surface area contributed by atoms with Crippen LogP contribution in [0.3, 0.4) is 0 Å². The Morgan fingerprint density at radius 2 is 1.86 bits per heavy atom. The number of amides is 3. The molecule has 7 nitrogen and oxygen atoms in total. The van der Waals surface area contributed by atoms with Crippen LogP contribution in [-0.2, 0) is 20.8 Å². The van der Waals surface area contributed by atoms with E-state index in [4.69, 9.17) is 4.74 Å². The van der Waals surface area contributed by atoms with Crippen molar-refractivity contribution < 1.29 is 19.1 Å². The number of anilines is 2. The van der Waals surface area contributed by atoms with Crippen molar-refractivity contribution in [1.82, 2.24) is 5.32 Å². The lowest BCUT2D eigenvalue weighted by Gasteiger charge is -2.17. The normalized spacial score (nSPS) is 15.9. The van der Waals surface area contributed by atoms with Gasteiger partial charge in [-0.25, -0.2) is 0 Å². The quantitative estimate of drug-likeness (QED) is 0.753. The van der Waals surface area contributed by atoms with Crippen molar-refractivity contribution in [3.05, 3.63) is 54.1 Å². The second kappa shape index (κ2) is 9.23. The van der Waals surface area contributed by atoms with Gasteiger partial charge in [-0.1, -0.05) is 25.1 Å². The molecule has 0 aliphatic carbocycles. The van der Waals surface area contributed by atoms with Gasteiger partial charge in [-0.3, -0.25) is 14.4 Å². The Bertz CT molecular complexity index is 895. The summed E-state index contributed by atoms with van der Waals surface area (Å²) in [5, 5.41) is 5.44. The number of nitrogens with one attached hydrogen (secondary N) is 2. The first-order valence-electron chi connectivity index (χ1n) is 9.64. The first-order chi connectivity index (χ1) is 14.0. The van der Waals surface area contributed by atoms with Crippen molar-refractivity contribution in [3.63, 3.8) is 0 Å². The van der Waals surface area contributed by atoms with Gasteiger partial charge in [0, 0.05) is 31.4 Å². The molecular formula is C22H25N3O4. The van der Waals surface area contributed by atoms with Gasteiger partial charge in [0.15, 0.2) is 6.61 Å². The lowest BCUT2D eigenvalue weighted by molar-refractivity contribution is -0.125. The molecule has 1 saturated heterocycles. The van der Waals surface area contributed by atoms with E-state index in [1.807, 2.05) is 31.2 Å². The number of hydrogen-bond acceptors (Lipinski definition) is 4. The van der Waals surface area contributed by atoms with Crippen LogP contribution in [-0.4, -0.2) is 37.9 Å². The Balaban J connectivity index is 1.55. The molecule has 1 aliphatic heterocycles. The highest BCUT2D eigenvalue weighted by atomic mass is 16.5. The highest BCUT2D eigenvalue weighted by molar-refractivity contribution is 6.00. The van der Waals surface area contributed by atoms with E-state index in [2.05, 4.69) is 10.6 Å². The molecule has 2 aromatic carbocycles. The number of benzene rings is 2. The third-order valence-corrected chi connectivity index (χ3v) is 4.93. The molecular weight excluding hydrogens is 370 g/mol. The van der Waals surface area contributed by atoms with Crippen LogP contribution in [0.2, 0.25) is 0 Å². The molecule has 0 bridgehead atoms. The molecule has 7 heteroatoms. The molecule has 152 valence electrons. The zero-order valence-corrected chi connectivity index (χ0v) is 16.6. The molecule has 1 aliphatic rings. The monoisotopic (exact) mass is 395 g/mol. The van der Waals surface area contributed by atoms with Gasteiger partial charge in [0.1, 0.15) is 5.75 Å². The van der Waals surface area contributed by atoms with E-state index >= 15 is 0 Å². The number of nitrogens with zero attached hydrogens (tertiary/aromatic N) is 1. The summed E-state index contributed by atoms with van der Waals surface area (Å²) >= 11 is 0. The van der Waals surface area contributed by atoms with Gasteiger partial charge in [-0.15, -0.1) is 0 Å². The summed E-state index contributed by atoms with van der Waals surface area (Å²) in [4.78, 5) is 37.7. The van der Waals surface area contributed by atoms with Crippen molar-refractivity contribution in [2.75, 3.05) is 30.4 Å². The number of rotatable bonds is 7. The third kappa shape index (κ3) is 4.93. The summed E-state index contributed by atoms with van der Waals surface area (Å²) in [6.07, 6.45) is 1.03. The fourth-order valence-corrected chi connectivity index (χ4v) is 3.34. The van der Waals surface area contributed by atoms with E-state index in [1.54, 1.807) is 36.2 Å². The van der Waals surface area contributed by atoms with E-state index in [9.17, 15) is 14.4 Å². The fourth-order valence-electron chi connectivity index (χ4n) is 3.34. The molecule has 1 atom stereocenters. The second-order valence-electron chi connectivity index (χ2n) is 6.86. The number of carbonyl (C=O) groups excluding carboxylic acids is 3. The third-order valence-electron chi connectivity index (χ3n) is 4.93. The van der Waals surface area contributed by atoms with E-state index in [1.165, 1.54) is 0 Å². The predicted octanol–water partition coefficient (Wildman–Crippen LogP) is 2.37. The van der Waals surface area contributed by atoms with Gasteiger partial charge < -0.3 is 20.3 Å². The molecule has 29 heavy (non-hydrogen) atoms. The van der Waals surface area contributed by atoms with Crippen LogP contribution in [0, 0.1) is 5.92 Å². The van der Waals surface area contributed by atoms with E-state index in [0.717, 1.165) is 17.7 Å². The van der Waals surface area contributed by atoms with Gasteiger partial charge in [-0.05, 0) is 42.3 Å². The lowest BCUT2D eigenvalue weighted by Crippen LogP contribution is -2.30. The standard InChI is InChI=1S/C22H25N3O4/c1-3-15-6-4-5-7-19(15)24-20(26)14-29-18-10-8-17(9-11-18)25-13-16(12-21(25)27)22(28)23-2/h4-11,16H,3,12-14H2,1-2H3,(H,23,28)(H,24,26)/t16-/m1/s1. The van der Waals surface area contributed by atoms with Crippen molar-refractivity contribution >= 4 is 29.1 Å². The summed E-state index contributed by atoms with van der Waals surface area (Å²) in [6.45, 7) is 2.28. The first-order valence-corrected chi connectivity index (χ1v) is 9.64. The number of hydrogen-bond donors (Lipinski definition) is 2. The van der Waals surface area contributed by atoms with Crippen molar-refractivity contribution in [2.24, 2.45) is 5.92 Å². The first kappa shape index (κ1) is 20.4. The average Bonchev–Trinajstić information content (AvgIpc) is 3.14. The smallest absolute Gasteiger partial charge is 0.262 e. The topological polar surface area (TPSA) is 87.7 Å². The maximum atomic E-state index is 12.2. The molecule has 1 fully saturated rings. The summed E-state index contributed by atoms with van der Waals surface area (Å²) in [7, 11) is 1.57. The predicted molar refractivity (Wildman–Crippen MR) is 111 cm³/mol. The van der Waals surface area contributed by atoms with E-state index in [0.29, 0.717) is 18.0 Å². The largest absolute Gasteiger partial charge is 0.484 e. The van der Waals surface area contributed by atoms with Crippen LogP contribution < -0.4 is 20.3 Å². The minimum atomic E-state index is -0.335. The van der Waals surface area contributed by atoms with Crippen molar-refractivity contribution in [3.8, 4) is 5.75 Å². The highest BCUT2D eigenvalue weighted by Crippen LogP contribution is 2.27. The van der Waals surface area contributed by atoms with Crippen molar-refractivity contribution in [1.29, 1.82) is 0 Å². The van der Waals surface area contributed by atoms with E-state index < -0.39 is 0 Å². The van der Waals surface area contributed by atoms with E-state index in [-0.39, 0.29) is 36.7 Å². The van der Waals surface area contributed by atoms with Crippen LogP contribution >= 0.6 is 0 Å². The molecule has 0 radical (unpaired) electrons. The SMILES string of the molecule is CCc1ccccc1NC(=O)COc1ccc(N2C[C@H](C(=O)NC)CC2=O)cc1. The van der Waals surface area contributed by atoms with Crippen LogP contribution in [0.25, 0.3) is 0 Å². The zero-order valence-electron chi connectivity index (χ0n) is 16.6. The summed E-state index contributed by atoms with van der Waals surface area (Å²) in [5.74, 6) is -0.254. The number of para-hydroxylation sites is 1. The highest BCUT2D eigenvalue weighted by Gasteiger charge is 2.34. The Kier molecular flexibility index (Phi) is 6.49. The molecule has 2 N–H and O–H groups in total. The Morgan fingerprint density at radius 1 is 1.14 bits per heavy atom. The molecule has 1 heterocycles. The molecule has 3 amide bonds. The molecule has 2 aromatic rings. The summed E-state index contributed by atoms with van der Waals surface area (Å²) < 4.78 is 5.56. The molecule has 3 rings (SSSR count). The zero-order chi connectivity index (χ0) is 20.8. The molecule has 0 saturated carbocycles. The molecule has 0 spiro atoms. The number of ether oxygens (including phenoxy) is 1. The second-order valence-corrected chi connectivity index (χ2v) is 6.86. The van der Waals surface area contributed by atoms with Crippen LogP contribution in [0.15, 0.2) is 48.5 Å². The Morgan fingerprint density at radius 3 is 2.55 bits per heavy atom. The van der Waals surface area contributed by atoms with Gasteiger partial charge in [0.25, 0.3) is 5.91 Å². The summed E-state index contributed by atoms with van der Waals surface area (Å²) in [6, 6.07) is 14.6. The average molecular weight is 395 g/mol. The number of aryl methyl sites for hydroxylation is 1. The van der Waals surface area contributed by atoms with Crippen LogP contribution in [0.5, 0.6) is 5.75 Å². The molecule has 0 unspecified atom stereocenters. The van der Waals surface area contributed by atoms with Gasteiger partial charge in [0.2, 0.25) is 11.8 Å². The van der Waals surface area contributed by atoms with Gasteiger partial charge >= 0.3 is 0 Å². The molecule has 0 aromatic heterocycles. The lowest BCUT2D eigenvalue weighted by atomic mass is 10.1. The fraction of sp³-hybridized carbons (Fsp3) is 0.318. The van der Waals surface area contributed by atoms with Gasteiger partial charge in [-0.2, -0.15) is 0 Å². The summed E-state index contributed by atoms with van der Waals surface area (Å²) in [5.41, 5.74) is 2.56. The Hall–Kier alpha value is -3.35.